The van der Waals surface area contributed by atoms with E-state index in [1.165, 1.54) is 18.2 Å². The molecule has 0 radical (unpaired) electrons. The molecule has 1 amide bonds. The van der Waals surface area contributed by atoms with E-state index in [0.717, 1.165) is 29.2 Å². The van der Waals surface area contributed by atoms with Crippen molar-refractivity contribution in [2.75, 3.05) is 19.6 Å². The first-order valence-electron chi connectivity index (χ1n) is 16.7. The van der Waals surface area contributed by atoms with E-state index in [9.17, 15) is 37.1 Å². The van der Waals surface area contributed by atoms with Gasteiger partial charge in [0.05, 0.1) is 18.0 Å². The molecule has 2 fully saturated rings. The Labute approximate surface area is 289 Å². The van der Waals surface area contributed by atoms with Gasteiger partial charge in [0.1, 0.15) is 29.5 Å². The molecule has 2 atom stereocenters. The number of hydrogen-bond acceptors (Lipinski definition) is 5. The van der Waals surface area contributed by atoms with E-state index < -0.39 is 59.7 Å². The first-order chi connectivity index (χ1) is 24.3. The van der Waals surface area contributed by atoms with Crippen LogP contribution in [0.3, 0.4) is 0 Å². The van der Waals surface area contributed by atoms with Crippen molar-refractivity contribution in [1.82, 2.24) is 14.8 Å². The molecule has 1 aromatic heterocycles. The molecule has 266 valence electrons. The minimum absolute atomic E-state index is 0.0760. The number of nitrogens with one attached hydrogen (secondary N) is 1. The lowest BCUT2D eigenvalue weighted by molar-refractivity contribution is -0.139. The van der Waals surface area contributed by atoms with Crippen LogP contribution in [0.4, 0.5) is 22.0 Å². The maximum Gasteiger partial charge on any atom is 0.416 e. The molecule has 8 nitrogen and oxygen atoms in total. The molecule has 3 heterocycles. The summed E-state index contributed by atoms with van der Waals surface area (Å²) in [5.74, 6) is -2.40. The average molecular weight is 708 g/mol. The lowest BCUT2D eigenvalue weighted by Gasteiger charge is -2.34. The summed E-state index contributed by atoms with van der Waals surface area (Å²) in [5, 5.41) is 12.6. The van der Waals surface area contributed by atoms with Crippen molar-refractivity contribution in [1.29, 1.82) is 0 Å². The number of carboxylic acid groups (broad SMARTS) is 1. The van der Waals surface area contributed by atoms with Gasteiger partial charge in [-0.2, -0.15) is 13.2 Å². The van der Waals surface area contributed by atoms with Crippen molar-refractivity contribution in [2.24, 2.45) is 0 Å². The van der Waals surface area contributed by atoms with Crippen LogP contribution in [0.15, 0.2) is 71.7 Å². The number of ether oxygens (including phenoxy) is 1. The number of aliphatic carboxylic acids is 1. The van der Waals surface area contributed by atoms with Gasteiger partial charge < -0.3 is 15.2 Å². The first kappa shape index (κ1) is 34.4. The zero-order chi connectivity index (χ0) is 36.2. The molecule has 4 aromatic rings. The Hall–Kier alpha value is -5.04. The number of rotatable bonds is 7. The molecular formula is C38H34F5N3O5. The van der Waals surface area contributed by atoms with E-state index in [1.807, 2.05) is 13.0 Å². The van der Waals surface area contributed by atoms with Crippen molar-refractivity contribution < 1.29 is 41.4 Å². The van der Waals surface area contributed by atoms with Crippen molar-refractivity contribution in [3.05, 3.63) is 116 Å². The van der Waals surface area contributed by atoms with Crippen LogP contribution >= 0.6 is 0 Å². The third kappa shape index (κ3) is 6.99. The van der Waals surface area contributed by atoms with Gasteiger partial charge in [-0.15, -0.1) is 0 Å². The molecule has 2 aliphatic heterocycles. The highest BCUT2D eigenvalue weighted by molar-refractivity contribution is 5.85. The van der Waals surface area contributed by atoms with Gasteiger partial charge >= 0.3 is 12.1 Å². The highest BCUT2D eigenvalue weighted by Crippen LogP contribution is 2.46. The molecule has 7 rings (SSSR count). The fraction of sp³-hybridized carbons (Fsp3) is 0.342. The summed E-state index contributed by atoms with van der Waals surface area (Å²) in [4.78, 5) is 41.9. The minimum Gasteiger partial charge on any atom is -0.481 e. The number of carboxylic acids is 1. The predicted octanol–water partition coefficient (Wildman–Crippen LogP) is 7.08. The van der Waals surface area contributed by atoms with Crippen molar-refractivity contribution in [3.8, 4) is 22.6 Å². The summed E-state index contributed by atoms with van der Waals surface area (Å²) in [6.45, 7) is 2.09. The van der Waals surface area contributed by atoms with E-state index in [4.69, 9.17) is 4.74 Å². The van der Waals surface area contributed by atoms with Crippen LogP contribution in [0.25, 0.3) is 11.1 Å². The van der Waals surface area contributed by atoms with Crippen molar-refractivity contribution in [2.45, 2.75) is 63.0 Å². The lowest BCUT2D eigenvalue weighted by atomic mass is 9.90. The number of aromatic nitrogens is 1. The summed E-state index contributed by atoms with van der Waals surface area (Å²) in [5.41, 5.74) is -0.182. The molecule has 1 saturated carbocycles. The number of carbonyl (C=O) groups is 2. The summed E-state index contributed by atoms with van der Waals surface area (Å²) < 4.78 is 79.8. The first-order valence-corrected chi connectivity index (χ1v) is 16.7. The number of fused-ring (bicyclic) bond motifs is 6. The molecule has 1 aliphatic carbocycles. The van der Waals surface area contributed by atoms with Crippen LogP contribution in [-0.4, -0.2) is 52.3 Å². The Balaban J connectivity index is 1.42. The van der Waals surface area contributed by atoms with Crippen molar-refractivity contribution in [3.63, 3.8) is 0 Å². The number of pyridine rings is 1. The van der Waals surface area contributed by atoms with Gasteiger partial charge in [-0.05, 0) is 90.3 Å². The quantitative estimate of drug-likeness (QED) is 0.199. The summed E-state index contributed by atoms with van der Waals surface area (Å²) in [7, 11) is 0. The number of halogens is 5. The van der Waals surface area contributed by atoms with Crippen LogP contribution in [0.2, 0.25) is 0 Å². The monoisotopic (exact) mass is 707 g/mol. The smallest absolute Gasteiger partial charge is 0.416 e. The number of hydrogen-bond donors (Lipinski definition) is 2. The van der Waals surface area contributed by atoms with Crippen LogP contribution < -0.4 is 15.6 Å². The maximum atomic E-state index is 16.4. The van der Waals surface area contributed by atoms with Gasteiger partial charge in [0.2, 0.25) is 5.91 Å². The van der Waals surface area contributed by atoms with Crippen LogP contribution in [0, 0.1) is 12.7 Å². The SMILES string of the molecule is Cc1cccc2c1-c1cc(C3CC3)c(F)c(c1)[C@H](CC(=O)O)NC(=O)[C@H](n1cc(CCN3CC(F)C3)c(C(F)(F)F)cc1=O)c1cccc(c1)O2. The number of likely N-dealkylation sites (tertiary alicyclic amines) is 1. The number of nitrogens with zero attached hydrogens (tertiary/aromatic N) is 2. The maximum absolute atomic E-state index is 16.4. The predicted molar refractivity (Wildman–Crippen MR) is 177 cm³/mol. The molecule has 51 heavy (non-hydrogen) atoms. The van der Waals surface area contributed by atoms with E-state index in [0.29, 0.717) is 28.5 Å². The fourth-order valence-electron chi connectivity index (χ4n) is 7.06. The van der Waals surface area contributed by atoms with E-state index >= 15 is 4.39 Å². The standard InChI is InChI=1S/C38H34F5N3O5/c1-20-4-2-7-31-34(20)24-13-27(21-8-9-21)35(40)28(14-24)30(16-33(48)49)44-37(50)36(22-5-3-6-26(12-22)51-31)46-17-23(10-11-45-18-25(39)19-45)29(15-32(46)47)38(41,42)43/h2-7,12-15,17,21,25,30,36H,8-11,16,18-19H2,1H3,(H,44,50)(H,48,49)/t30-,36+/m0/s1. The van der Waals surface area contributed by atoms with Gasteiger partial charge in [-0.25, -0.2) is 8.78 Å². The molecule has 4 bridgehead atoms. The largest absolute Gasteiger partial charge is 0.481 e. The third-order valence-corrected chi connectivity index (χ3v) is 9.75. The topological polar surface area (TPSA) is 101 Å². The molecule has 2 N–H and O–H groups in total. The number of carbonyl (C=O) groups excluding carboxylic acids is 1. The third-order valence-electron chi connectivity index (χ3n) is 9.75. The average Bonchev–Trinajstić information content (AvgIpc) is 3.89. The molecule has 13 heteroatoms. The van der Waals surface area contributed by atoms with Gasteiger partial charge in [-0.3, -0.25) is 23.9 Å². The molecule has 0 spiro atoms. The number of alkyl halides is 4. The Morgan fingerprint density at radius 1 is 1.02 bits per heavy atom. The Morgan fingerprint density at radius 2 is 1.75 bits per heavy atom. The van der Waals surface area contributed by atoms with Gasteiger partial charge in [-0.1, -0.05) is 24.3 Å². The zero-order valence-corrected chi connectivity index (χ0v) is 27.5. The fourth-order valence-corrected chi connectivity index (χ4v) is 7.06. The zero-order valence-electron chi connectivity index (χ0n) is 27.5. The second-order valence-electron chi connectivity index (χ2n) is 13.5. The molecule has 3 aromatic carbocycles. The van der Waals surface area contributed by atoms with E-state index in [1.54, 1.807) is 35.2 Å². The number of aryl methyl sites for hydroxylation is 1. The van der Waals surface area contributed by atoms with E-state index in [2.05, 4.69) is 5.32 Å². The number of amides is 1. The van der Waals surface area contributed by atoms with Crippen molar-refractivity contribution >= 4 is 11.9 Å². The molecule has 0 unspecified atom stereocenters. The normalized spacial score (nSPS) is 19.5. The Morgan fingerprint density at radius 3 is 2.43 bits per heavy atom. The molecular weight excluding hydrogens is 673 g/mol. The summed E-state index contributed by atoms with van der Waals surface area (Å²) in [6.07, 6.45) is -4.45. The van der Waals surface area contributed by atoms with Crippen LogP contribution in [0.5, 0.6) is 11.5 Å². The Kier molecular flexibility index (Phi) is 8.94. The molecule has 3 aliphatic rings. The van der Waals surface area contributed by atoms with Gasteiger partial charge in [0, 0.05) is 43.0 Å². The second-order valence-corrected chi connectivity index (χ2v) is 13.5. The van der Waals surface area contributed by atoms with Gasteiger partial charge in [0.15, 0.2) is 0 Å². The highest BCUT2D eigenvalue weighted by Gasteiger charge is 2.38. The van der Waals surface area contributed by atoms with Crippen LogP contribution in [-0.2, 0) is 22.2 Å². The lowest BCUT2D eigenvalue weighted by Crippen LogP contribution is -2.49. The van der Waals surface area contributed by atoms with Gasteiger partial charge in [0.25, 0.3) is 5.56 Å². The summed E-state index contributed by atoms with van der Waals surface area (Å²) >= 11 is 0. The molecule has 1 saturated heterocycles. The minimum atomic E-state index is -4.90. The number of benzene rings is 3. The second kappa shape index (κ2) is 13.3. The Bertz CT molecular complexity index is 2090. The van der Waals surface area contributed by atoms with E-state index in [-0.39, 0.29) is 54.4 Å². The van der Waals surface area contributed by atoms with Crippen LogP contribution in [0.1, 0.15) is 70.6 Å². The summed E-state index contributed by atoms with van der Waals surface area (Å²) in [6, 6.07) is 12.1. The highest BCUT2D eigenvalue weighted by atomic mass is 19.4.